The number of rotatable bonds is 1. The second-order valence-corrected chi connectivity index (χ2v) is 7.28. The third kappa shape index (κ3) is 2.44. The van der Waals surface area contributed by atoms with E-state index in [1.165, 1.54) is 20.2 Å². The fourth-order valence-corrected chi connectivity index (χ4v) is 3.68. The van der Waals surface area contributed by atoms with Crippen LogP contribution >= 0.6 is 22.7 Å². The number of aryl methyl sites for hydroxylation is 1. The fraction of sp³-hybridized carbons (Fsp3) is 0.417. The Kier molecular flexibility index (Phi) is 2.80. The molecular weight excluding hydrogens is 240 g/mol. The van der Waals surface area contributed by atoms with Gasteiger partial charge in [0, 0.05) is 10.3 Å². The van der Waals surface area contributed by atoms with Gasteiger partial charge in [0.1, 0.15) is 10.5 Å². The van der Waals surface area contributed by atoms with Crippen molar-refractivity contribution in [2.75, 3.05) is 0 Å². The summed E-state index contributed by atoms with van der Waals surface area (Å²) in [5.74, 6) is -0.224. The lowest BCUT2D eigenvalue weighted by Gasteiger charge is -2.18. The Morgan fingerprint density at radius 1 is 1.25 bits per heavy atom. The highest BCUT2D eigenvalue weighted by atomic mass is 32.2. The lowest BCUT2D eigenvalue weighted by molar-refractivity contribution is 0.00753. The largest absolute Gasteiger partial charge is 0.456 e. The van der Waals surface area contributed by atoms with Crippen LogP contribution in [0, 0.1) is 6.92 Å². The van der Waals surface area contributed by atoms with Crippen LogP contribution in [-0.4, -0.2) is 11.6 Å². The lowest BCUT2D eigenvalue weighted by atomic mass is 10.2. The summed E-state index contributed by atoms with van der Waals surface area (Å²) in [7, 11) is 0. The first-order valence-electron chi connectivity index (χ1n) is 5.08. The van der Waals surface area contributed by atoms with Crippen molar-refractivity contribution in [2.24, 2.45) is 0 Å². The van der Waals surface area contributed by atoms with E-state index in [9.17, 15) is 4.79 Å². The predicted octanol–water partition coefficient (Wildman–Crippen LogP) is 4.23. The standard InChI is InChI=1S/C12H14O2S2/c1-7-5-8-6-9(16-11(8)15-7)10(13)14-12(2,3)4/h5-6H,1-4H3. The van der Waals surface area contributed by atoms with Crippen LogP contribution in [0.4, 0.5) is 0 Å². The van der Waals surface area contributed by atoms with E-state index in [0.717, 1.165) is 5.39 Å². The molecule has 0 saturated carbocycles. The van der Waals surface area contributed by atoms with Gasteiger partial charge in [0.05, 0.1) is 4.01 Å². The van der Waals surface area contributed by atoms with Gasteiger partial charge in [0.15, 0.2) is 0 Å². The molecule has 0 aliphatic heterocycles. The Balaban J connectivity index is 2.27. The number of hydrogen-bond acceptors (Lipinski definition) is 4. The molecule has 0 spiro atoms. The molecule has 0 radical (unpaired) electrons. The van der Waals surface area contributed by atoms with E-state index in [4.69, 9.17) is 4.74 Å². The highest BCUT2D eigenvalue weighted by Crippen LogP contribution is 2.33. The zero-order valence-corrected chi connectivity index (χ0v) is 11.4. The van der Waals surface area contributed by atoms with Gasteiger partial charge in [-0.25, -0.2) is 4.79 Å². The Morgan fingerprint density at radius 3 is 2.50 bits per heavy atom. The van der Waals surface area contributed by atoms with Crippen LogP contribution in [-0.2, 0) is 4.74 Å². The van der Waals surface area contributed by atoms with E-state index in [0.29, 0.717) is 4.88 Å². The SMILES string of the molecule is Cc1cc2cc(C(=O)OC(C)(C)C)sc2s1. The molecule has 2 heterocycles. The van der Waals surface area contributed by atoms with Crippen LogP contribution in [0.5, 0.6) is 0 Å². The molecule has 0 saturated heterocycles. The predicted molar refractivity (Wildman–Crippen MR) is 69.6 cm³/mol. The van der Waals surface area contributed by atoms with E-state index in [1.807, 2.05) is 26.8 Å². The molecule has 0 aliphatic carbocycles. The van der Waals surface area contributed by atoms with Gasteiger partial charge >= 0.3 is 5.97 Å². The highest BCUT2D eigenvalue weighted by Gasteiger charge is 2.20. The average Bonchev–Trinajstić information content (AvgIpc) is 2.56. The molecule has 2 rings (SSSR count). The van der Waals surface area contributed by atoms with Crippen molar-refractivity contribution in [1.82, 2.24) is 0 Å². The van der Waals surface area contributed by atoms with Crippen LogP contribution in [0.25, 0.3) is 9.40 Å². The molecule has 0 amide bonds. The molecule has 0 fully saturated rings. The van der Waals surface area contributed by atoms with Gasteiger partial charge in [0.25, 0.3) is 0 Å². The van der Waals surface area contributed by atoms with Crippen molar-refractivity contribution in [3.05, 3.63) is 21.9 Å². The molecule has 2 aromatic heterocycles. The van der Waals surface area contributed by atoms with Gasteiger partial charge in [-0.1, -0.05) is 0 Å². The maximum absolute atomic E-state index is 11.8. The maximum atomic E-state index is 11.8. The van der Waals surface area contributed by atoms with Gasteiger partial charge in [-0.15, -0.1) is 22.7 Å². The monoisotopic (exact) mass is 254 g/mol. The topological polar surface area (TPSA) is 26.3 Å². The third-order valence-electron chi connectivity index (χ3n) is 1.94. The summed E-state index contributed by atoms with van der Waals surface area (Å²) in [6.07, 6.45) is 0. The molecule has 0 aromatic carbocycles. The van der Waals surface area contributed by atoms with Crippen molar-refractivity contribution in [3.8, 4) is 0 Å². The first kappa shape index (κ1) is 11.6. The Labute approximate surface area is 103 Å². The molecule has 2 nitrogen and oxygen atoms in total. The van der Waals surface area contributed by atoms with Crippen LogP contribution in [0.3, 0.4) is 0 Å². The molecule has 2 aromatic rings. The molecule has 0 bridgehead atoms. The van der Waals surface area contributed by atoms with Crippen LogP contribution < -0.4 is 0 Å². The highest BCUT2D eigenvalue weighted by molar-refractivity contribution is 7.39. The number of esters is 1. The number of hydrogen-bond donors (Lipinski definition) is 0. The van der Waals surface area contributed by atoms with E-state index < -0.39 is 5.60 Å². The number of ether oxygens (including phenoxy) is 1. The molecule has 0 atom stereocenters. The van der Waals surface area contributed by atoms with Crippen molar-refractivity contribution in [2.45, 2.75) is 33.3 Å². The third-order valence-corrected chi connectivity index (χ3v) is 4.22. The fourth-order valence-electron chi connectivity index (χ4n) is 1.39. The summed E-state index contributed by atoms with van der Waals surface area (Å²) in [5, 5.41) is 1.15. The number of thiophene rings is 2. The summed E-state index contributed by atoms with van der Waals surface area (Å²) >= 11 is 3.23. The normalized spacial score (nSPS) is 12.0. The Bertz CT molecular complexity index is 497. The molecule has 86 valence electrons. The van der Waals surface area contributed by atoms with Crippen LogP contribution in [0.2, 0.25) is 0 Å². The first-order chi connectivity index (χ1) is 7.35. The van der Waals surface area contributed by atoms with Gasteiger partial charge in [-0.05, 0) is 39.8 Å². The Morgan fingerprint density at radius 2 is 1.94 bits per heavy atom. The number of carbonyl (C=O) groups is 1. The second kappa shape index (κ2) is 3.86. The molecule has 0 unspecified atom stereocenters. The molecule has 0 aliphatic rings. The summed E-state index contributed by atoms with van der Waals surface area (Å²) < 4.78 is 6.52. The van der Waals surface area contributed by atoms with E-state index >= 15 is 0 Å². The maximum Gasteiger partial charge on any atom is 0.348 e. The Hall–Kier alpha value is -0.870. The first-order valence-corrected chi connectivity index (χ1v) is 6.72. The average molecular weight is 254 g/mol. The molecule has 0 N–H and O–H groups in total. The van der Waals surface area contributed by atoms with Crippen molar-refractivity contribution in [1.29, 1.82) is 0 Å². The minimum atomic E-state index is -0.426. The van der Waals surface area contributed by atoms with E-state index in [1.54, 1.807) is 11.3 Å². The van der Waals surface area contributed by atoms with Gasteiger partial charge in [0.2, 0.25) is 0 Å². The van der Waals surface area contributed by atoms with Crippen molar-refractivity contribution in [3.63, 3.8) is 0 Å². The molecule has 16 heavy (non-hydrogen) atoms. The molecule has 4 heteroatoms. The van der Waals surface area contributed by atoms with Crippen molar-refractivity contribution < 1.29 is 9.53 Å². The lowest BCUT2D eigenvalue weighted by Crippen LogP contribution is -2.23. The summed E-state index contributed by atoms with van der Waals surface area (Å²) in [6, 6.07) is 4.02. The number of fused-ring (bicyclic) bond motifs is 1. The summed E-state index contributed by atoms with van der Waals surface area (Å²) in [4.78, 5) is 13.8. The minimum Gasteiger partial charge on any atom is -0.456 e. The van der Waals surface area contributed by atoms with Gasteiger partial charge in [-0.2, -0.15) is 0 Å². The van der Waals surface area contributed by atoms with Crippen molar-refractivity contribution >= 4 is 38.0 Å². The quantitative estimate of drug-likeness (QED) is 0.712. The molecular formula is C12H14O2S2. The second-order valence-electron chi connectivity index (χ2n) is 4.71. The van der Waals surface area contributed by atoms with Gasteiger partial charge < -0.3 is 4.74 Å². The smallest absolute Gasteiger partial charge is 0.348 e. The van der Waals surface area contributed by atoms with Gasteiger partial charge in [-0.3, -0.25) is 0 Å². The van der Waals surface area contributed by atoms with E-state index in [-0.39, 0.29) is 5.97 Å². The zero-order valence-electron chi connectivity index (χ0n) is 9.79. The van der Waals surface area contributed by atoms with Crippen LogP contribution in [0.1, 0.15) is 35.3 Å². The minimum absolute atomic E-state index is 0.224. The zero-order chi connectivity index (χ0) is 11.9. The number of carbonyl (C=O) groups excluding carboxylic acids is 1. The van der Waals surface area contributed by atoms with E-state index in [2.05, 4.69) is 13.0 Å². The summed E-state index contributed by atoms with van der Waals surface area (Å²) in [5.41, 5.74) is -0.426. The van der Waals surface area contributed by atoms with Crippen LogP contribution in [0.15, 0.2) is 12.1 Å². The summed E-state index contributed by atoms with van der Waals surface area (Å²) in [6.45, 7) is 7.71.